The molecule has 0 aliphatic carbocycles. The molecule has 3 N–H and O–H groups in total. The Kier molecular flexibility index (Phi) is 5.48. The molecular formula is C19H22FN3O3S. The van der Waals surface area contributed by atoms with Crippen LogP contribution in [-0.4, -0.2) is 44.2 Å². The third-order valence-electron chi connectivity index (χ3n) is 4.72. The average molecular weight is 391 g/mol. The summed E-state index contributed by atoms with van der Waals surface area (Å²) < 4.78 is 39.4. The zero-order chi connectivity index (χ0) is 19.6. The van der Waals surface area contributed by atoms with Crippen LogP contribution >= 0.6 is 0 Å². The summed E-state index contributed by atoms with van der Waals surface area (Å²) in [5, 5.41) is 0. The molecule has 0 spiro atoms. The van der Waals surface area contributed by atoms with Gasteiger partial charge in [-0.15, -0.1) is 0 Å². The quantitative estimate of drug-likeness (QED) is 0.818. The van der Waals surface area contributed by atoms with Crippen LogP contribution in [0.15, 0.2) is 48.5 Å². The molecule has 1 aliphatic heterocycles. The molecule has 1 aliphatic rings. The lowest BCUT2D eigenvalue weighted by molar-refractivity contribution is 0.199. The van der Waals surface area contributed by atoms with E-state index in [-0.39, 0.29) is 11.9 Å². The SMILES string of the molecule is CS(=O)(=O)NC1CCN(C(N)=O)C1Cc1cccc(-c2cccc(F)c2)c1. The molecule has 2 unspecified atom stereocenters. The Labute approximate surface area is 158 Å². The lowest BCUT2D eigenvalue weighted by Crippen LogP contribution is -2.49. The maximum absolute atomic E-state index is 13.5. The number of nitrogens with one attached hydrogen (secondary N) is 1. The molecule has 8 heteroatoms. The van der Waals surface area contributed by atoms with E-state index >= 15 is 0 Å². The number of hydrogen-bond acceptors (Lipinski definition) is 3. The number of likely N-dealkylation sites (tertiary alicyclic amines) is 1. The Bertz CT molecular complexity index is 949. The molecule has 2 amide bonds. The number of amides is 2. The number of rotatable bonds is 5. The van der Waals surface area contributed by atoms with E-state index in [0.717, 1.165) is 22.9 Å². The van der Waals surface area contributed by atoms with Gasteiger partial charge in [0.05, 0.1) is 12.3 Å². The highest BCUT2D eigenvalue weighted by Crippen LogP contribution is 2.26. The number of carbonyl (C=O) groups excluding carboxylic acids is 1. The Morgan fingerprint density at radius 3 is 2.52 bits per heavy atom. The lowest BCUT2D eigenvalue weighted by atomic mass is 9.97. The van der Waals surface area contributed by atoms with E-state index in [4.69, 9.17) is 5.73 Å². The van der Waals surface area contributed by atoms with Gasteiger partial charge in [-0.1, -0.05) is 36.4 Å². The summed E-state index contributed by atoms with van der Waals surface area (Å²) in [5.74, 6) is -0.314. The van der Waals surface area contributed by atoms with E-state index in [1.807, 2.05) is 30.3 Å². The molecule has 144 valence electrons. The number of nitrogens with two attached hydrogens (primary N) is 1. The molecule has 2 aromatic rings. The van der Waals surface area contributed by atoms with Crippen molar-refractivity contribution < 1.29 is 17.6 Å². The van der Waals surface area contributed by atoms with Crippen molar-refractivity contribution in [3.05, 3.63) is 59.9 Å². The van der Waals surface area contributed by atoms with Crippen LogP contribution in [0.25, 0.3) is 11.1 Å². The van der Waals surface area contributed by atoms with Gasteiger partial charge in [-0.05, 0) is 41.7 Å². The number of halogens is 1. The topological polar surface area (TPSA) is 92.5 Å². The normalized spacial score (nSPS) is 20.0. The van der Waals surface area contributed by atoms with E-state index in [1.54, 1.807) is 6.07 Å². The van der Waals surface area contributed by atoms with Gasteiger partial charge >= 0.3 is 6.03 Å². The smallest absolute Gasteiger partial charge is 0.315 e. The zero-order valence-electron chi connectivity index (χ0n) is 14.9. The van der Waals surface area contributed by atoms with Gasteiger partial charge < -0.3 is 10.6 Å². The molecule has 0 radical (unpaired) electrons. The maximum atomic E-state index is 13.5. The Morgan fingerprint density at radius 1 is 1.22 bits per heavy atom. The fraction of sp³-hybridized carbons (Fsp3) is 0.316. The number of benzene rings is 2. The van der Waals surface area contributed by atoms with Crippen LogP contribution < -0.4 is 10.5 Å². The number of hydrogen-bond donors (Lipinski definition) is 2. The molecule has 0 saturated carbocycles. The summed E-state index contributed by atoms with van der Waals surface area (Å²) in [5.41, 5.74) is 7.99. The van der Waals surface area contributed by atoms with Crippen LogP contribution in [-0.2, 0) is 16.4 Å². The first-order valence-electron chi connectivity index (χ1n) is 8.61. The summed E-state index contributed by atoms with van der Waals surface area (Å²) >= 11 is 0. The van der Waals surface area contributed by atoms with Crippen LogP contribution in [0.4, 0.5) is 9.18 Å². The number of primary amides is 1. The second-order valence-electron chi connectivity index (χ2n) is 6.80. The summed E-state index contributed by atoms with van der Waals surface area (Å²) in [6.45, 7) is 0.400. The van der Waals surface area contributed by atoms with E-state index in [9.17, 15) is 17.6 Å². The summed E-state index contributed by atoms with van der Waals surface area (Å²) in [7, 11) is -3.41. The number of carbonyl (C=O) groups is 1. The third-order valence-corrected chi connectivity index (χ3v) is 5.46. The maximum Gasteiger partial charge on any atom is 0.315 e. The van der Waals surface area contributed by atoms with Gasteiger partial charge in [0.1, 0.15) is 5.82 Å². The standard InChI is InChI=1S/C19H22FN3O3S/c1-27(25,26)22-17-8-9-23(19(21)24)18(17)11-13-4-2-5-14(10-13)15-6-3-7-16(20)12-15/h2-7,10,12,17-18,22H,8-9,11H2,1H3,(H2,21,24). The monoisotopic (exact) mass is 391 g/mol. The first-order chi connectivity index (χ1) is 12.7. The van der Waals surface area contributed by atoms with Gasteiger partial charge in [-0.25, -0.2) is 22.3 Å². The predicted octanol–water partition coefficient (Wildman–Crippen LogP) is 2.11. The molecule has 0 aromatic heterocycles. The minimum atomic E-state index is -3.41. The minimum absolute atomic E-state index is 0.314. The highest BCUT2D eigenvalue weighted by Gasteiger charge is 2.37. The van der Waals surface area contributed by atoms with Crippen molar-refractivity contribution in [2.24, 2.45) is 5.73 Å². The fourth-order valence-electron chi connectivity index (χ4n) is 3.58. The van der Waals surface area contributed by atoms with Crippen molar-refractivity contribution in [3.8, 4) is 11.1 Å². The van der Waals surface area contributed by atoms with E-state index in [1.165, 1.54) is 17.0 Å². The third kappa shape index (κ3) is 4.84. The highest BCUT2D eigenvalue weighted by atomic mass is 32.2. The van der Waals surface area contributed by atoms with Gasteiger partial charge in [0.2, 0.25) is 10.0 Å². The fourth-order valence-corrected chi connectivity index (χ4v) is 4.40. The van der Waals surface area contributed by atoms with Crippen molar-refractivity contribution in [1.29, 1.82) is 0 Å². The average Bonchev–Trinajstić information content (AvgIpc) is 2.96. The molecule has 1 fully saturated rings. The highest BCUT2D eigenvalue weighted by molar-refractivity contribution is 7.88. The Balaban J connectivity index is 1.87. The Morgan fingerprint density at radius 2 is 1.89 bits per heavy atom. The molecular weight excluding hydrogens is 369 g/mol. The number of urea groups is 1. The molecule has 2 aromatic carbocycles. The van der Waals surface area contributed by atoms with Gasteiger partial charge in [-0.3, -0.25) is 0 Å². The van der Waals surface area contributed by atoms with Gasteiger partial charge in [-0.2, -0.15) is 0 Å². The summed E-state index contributed by atoms with van der Waals surface area (Å²) in [4.78, 5) is 13.3. The van der Waals surface area contributed by atoms with Crippen LogP contribution in [0.2, 0.25) is 0 Å². The van der Waals surface area contributed by atoms with Crippen molar-refractivity contribution in [1.82, 2.24) is 9.62 Å². The Hall–Kier alpha value is -2.45. The van der Waals surface area contributed by atoms with E-state index < -0.39 is 22.1 Å². The second kappa shape index (κ2) is 7.66. The van der Waals surface area contributed by atoms with E-state index in [2.05, 4.69) is 4.72 Å². The molecule has 2 atom stereocenters. The molecule has 6 nitrogen and oxygen atoms in total. The van der Waals surface area contributed by atoms with Crippen molar-refractivity contribution in [2.45, 2.75) is 24.9 Å². The molecule has 3 rings (SSSR count). The number of nitrogens with zero attached hydrogens (tertiary/aromatic N) is 1. The van der Waals surface area contributed by atoms with Crippen molar-refractivity contribution in [2.75, 3.05) is 12.8 Å². The first kappa shape index (κ1) is 19.3. The van der Waals surface area contributed by atoms with Crippen LogP contribution in [0.3, 0.4) is 0 Å². The van der Waals surface area contributed by atoms with Crippen LogP contribution in [0, 0.1) is 5.82 Å². The van der Waals surface area contributed by atoms with Gasteiger partial charge in [0, 0.05) is 12.6 Å². The molecule has 0 bridgehead atoms. The van der Waals surface area contributed by atoms with Gasteiger partial charge in [0.25, 0.3) is 0 Å². The van der Waals surface area contributed by atoms with Crippen LogP contribution in [0.5, 0.6) is 0 Å². The molecule has 27 heavy (non-hydrogen) atoms. The van der Waals surface area contributed by atoms with E-state index in [0.29, 0.717) is 19.4 Å². The minimum Gasteiger partial charge on any atom is -0.351 e. The van der Waals surface area contributed by atoms with Gasteiger partial charge in [0.15, 0.2) is 0 Å². The first-order valence-corrected chi connectivity index (χ1v) is 10.5. The zero-order valence-corrected chi connectivity index (χ0v) is 15.7. The molecule has 1 saturated heterocycles. The molecule has 1 heterocycles. The predicted molar refractivity (Wildman–Crippen MR) is 102 cm³/mol. The summed E-state index contributed by atoms with van der Waals surface area (Å²) in [6.07, 6.45) is 2.05. The largest absolute Gasteiger partial charge is 0.351 e. The second-order valence-corrected chi connectivity index (χ2v) is 8.58. The lowest BCUT2D eigenvalue weighted by Gasteiger charge is -2.27. The van der Waals surface area contributed by atoms with Crippen molar-refractivity contribution >= 4 is 16.1 Å². The summed E-state index contributed by atoms with van der Waals surface area (Å²) in [6, 6.07) is 12.5. The van der Waals surface area contributed by atoms with Crippen molar-refractivity contribution in [3.63, 3.8) is 0 Å². The number of sulfonamides is 1. The van der Waals surface area contributed by atoms with Crippen LogP contribution in [0.1, 0.15) is 12.0 Å².